The topological polar surface area (TPSA) is 52.6 Å². The van der Waals surface area contributed by atoms with E-state index < -0.39 is 0 Å². The summed E-state index contributed by atoms with van der Waals surface area (Å²) in [4.78, 5) is 25.9. The summed E-state index contributed by atoms with van der Waals surface area (Å²) in [6, 6.07) is 0. The van der Waals surface area contributed by atoms with Crippen molar-refractivity contribution in [1.82, 2.24) is 0 Å². The van der Waals surface area contributed by atoms with Gasteiger partial charge in [0, 0.05) is 0 Å². The molecule has 4 atom stereocenters. The maximum absolute atomic E-state index is 13.0. The molecule has 4 nitrogen and oxygen atoms in total. The van der Waals surface area contributed by atoms with E-state index in [1.54, 1.807) is 0 Å². The van der Waals surface area contributed by atoms with Crippen molar-refractivity contribution < 1.29 is 19.1 Å². The van der Waals surface area contributed by atoms with E-state index in [0.29, 0.717) is 0 Å². The summed E-state index contributed by atoms with van der Waals surface area (Å²) in [7, 11) is 0. The molecule has 0 aromatic rings. The summed E-state index contributed by atoms with van der Waals surface area (Å²) < 4.78 is 11.9. The van der Waals surface area contributed by atoms with Gasteiger partial charge in [-0.05, 0) is 83.5 Å². The van der Waals surface area contributed by atoms with Crippen LogP contribution >= 0.6 is 0 Å². The highest BCUT2D eigenvalue weighted by atomic mass is 16.6. The Labute approximate surface area is 150 Å². The van der Waals surface area contributed by atoms with Gasteiger partial charge in [-0.2, -0.15) is 0 Å². The van der Waals surface area contributed by atoms with Gasteiger partial charge in [0.05, 0.1) is 11.8 Å². The smallest absolute Gasteiger partial charge is 0.310 e. The molecule has 0 radical (unpaired) electrons. The van der Waals surface area contributed by atoms with Crippen molar-refractivity contribution in [3.63, 3.8) is 0 Å². The van der Waals surface area contributed by atoms with E-state index in [1.807, 2.05) is 13.8 Å². The lowest BCUT2D eigenvalue weighted by Gasteiger charge is -2.32. The summed E-state index contributed by atoms with van der Waals surface area (Å²) in [6.45, 7) is 4.07. The molecule has 3 fully saturated rings. The number of carbonyl (C=O) groups excluding carboxylic acids is 2. The average Bonchev–Trinajstić information content (AvgIpc) is 3.31. The van der Waals surface area contributed by atoms with Crippen molar-refractivity contribution in [1.29, 1.82) is 0 Å². The van der Waals surface area contributed by atoms with Crippen LogP contribution in [0.4, 0.5) is 0 Å². The van der Waals surface area contributed by atoms with E-state index in [-0.39, 0.29) is 46.8 Å². The highest BCUT2D eigenvalue weighted by Crippen LogP contribution is 2.50. The van der Waals surface area contributed by atoms with Crippen LogP contribution in [0, 0.1) is 23.7 Å². The monoisotopic (exact) mass is 346 g/mol. The zero-order valence-corrected chi connectivity index (χ0v) is 15.5. The second-order valence-corrected chi connectivity index (χ2v) is 9.16. The first-order chi connectivity index (χ1) is 11.9. The molecule has 4 rings (SSSR count). The summed E-state index contributed by atoms with van der Waals surface area (Å²) >= 11 is 0. The zero-order chi connectivity index (χ0) is 17.7. The first-order valence-electron chi connectivity index (χ1n) is 10.0. The Morgan fingerprint density at radius 2 is 1.12 bits per heavy atom. The highest BCUT2D eigenvalue weighted by molar-refractivity contribution is 5.85. The molecule has 4 heteroatoms. The summed E-state index contributed by atoms with van der Waals surface area (Å²) in [5.41, 5.74) is -0.678. The number of hydrogen-bond acceptors (Lipinski definition) is 4. The van der Waals surface area contributed by atoms with Crippen LogP contribution in [0.3, 0.4) is 0 Å². The van der Waals surface area contributed by atoms with Gasteiger partial charge in [0.1, 0.15) is 11.2 Å². The van der Waals surface area contributed by atoms with Gasteiger partial charge in [0.2, 0.25) is 0 Å². The van der Waals surface area contributed by atoms with Crippen LogP contribution in [0.1, 0.15) is 71.6 Å². The van der Waals surface area contributed by atoms with Crippen molar-refractivity contribution in [3.8, 4) is 0 Å². The minimum Gasteiger partial charge on any atom is -0.459 e. The van der Waals surface area contributed by atoms with Crippen LogP contribution in [-0.2, 0) is 19.1 Å². The molecule has 0 aromatic carbocycles. The first-order valence-corrected chi connectivity index (χ1v) is 10.0. The van der Waals surface area contributed by atoms with E-state index in [4.69, 9.17) is 9.47 Å². The Kier molecular flexibility index (Phi) is 4.20. The van der Waals surface area contributed by atoms with E-state index in [9.17, 15) is 9.59 Å². The van der Waals surface area contributed by atoms with Crippen LogP contribution in [-0.4, -0.2) is 23.1 Å². The molecule has 4 aliphatic rings. The van der Waals surface area contributed by atoms with Gasteiger partial charge >= 0.3 is 11.9 Å². The molecule has 0 N–H and O–H groups in total. The number of carbonyl (C=O) groups is 2. The summed E-state index contributed by atoms with van der Waals surface area (Å²) in [6.07, 6.45) is 13.3. The minimum absolute atomic E-state index is 0.136. The first kappa shape index (κ1) is 17.1. The fourth-order valence-corrected chi connectivity index (χ4v) is 5.54. The second-order valence-electron chi connectivity index (χ2n) is 9.16. The number of hydrogen-bond donors (Lipinski definition) is 0. The lowest BCUT2D eigenvalue weighted by atomic mass is 9.82. The highest BCUT2D eigenvalue weighted by Gasteiger charge is 2.55. The fraction of sp³-hybridized carbons (Fsp3) is 0.810. The molecule has 0 saturated heterocycles. The van der Waals surface area contributed by atoms with Crippen LogP contribution in [0.2, 0.25) is 0 Å². The molecule has 3 saturated carbocycles. The lowest BCUT2D eigenvalue weighted by Crippen LogP contribution is -2.41. The van der Waals surface area contributed by atoms with Crippen molar-refractivity contribution in [3.05, 3.63) is 12.2 Å². The molecular formula is C21H30O4. The number of rotatable bonds is 4. The Bertz CT molecular complexity index is 531. The minimum atomic E-state index is -0.357. The maximum Gasteiger partial charge on any atom is 0.310 e. The van der Waals surface area contributed by atoms with Crippen molar-refractivity contribution in [2.45, 2.75) is 82.8 Å². The van der Waals surface area contributed by atoms with Crippen LogP contribution in [0.25, 0.3) is 0 Å². The number of esters is 2. The Balaban J connectivity index is 1.48. The summed E-state index contributed by atoms with van der Waals surface area (Å²) in [5, 5.41) is 0. The van der Waals surface area contributed by atoms with Gasteiger partial charge in [-0.1, -0.05) is 12.2 Å². The van der Waals surface area contributed by atoms with Crippen LogP contribution < -0.4 is 0 Å². The molecule has 0 spiro atoms. The van der Waals surface area contributed by atoms with Crippen molar-refractivity contribution in [2.24, 2.45) is 23.7 Å². The molecule has 2 bridgehead atoms. The van der Waals surface area contributed by atoms with E-state index >= 15 is 0 Å². The zero-order valence-electron chi connectivity index (χ0n) is 15.5. The maximum atomic E-state index is 13.0. The molecular weight excluding hydrogens is 316 g/mol. The van der Waals surface area contributed by atoms with Crippen molar-refractivity contribution in [2.75, 3.05) is 0 Å². The molecule has 0 aromatic heterocycles. The van der Waals surface area contributed by atoms with Crippen LogP contribution in [0.5, 0.6) is 0 Å². The second kappa shape index (κ2) is 6.14. The summed E-state index contributed by atoms with van der Waals surface area (Å²) in [5.74, 6) is -0.803. The number of allylic oxidation sites excluding steroid dienone is 2. The van der Waals surface area contributed by atoms with Gasteiger partial charge in [-0.25, -0.2) is 0 Å². The fourth-order valence-electron chi connectivity index (χ4n) is 5.54. The molecule has 4 aliphatic carbocycles. The molecule has 0 heterocycles. The molecule has 4 unspecified atom stereocenters. The van der Waals surface area contributed by atoms with Crippen molar-refractivity contribution >= 4 is 11.9 Å². The predicted molar refractivity (Wildman–Crippen MR) is 93.6 cm³/mol. The van der Waals surface area contributed by atoms with Gasteiger partial charge in [0.25, 0.3) is 0 Å². The third-order valence-corrected chi connectivity index (χ3v) is 7.02. The molecule has 25 heavy (non-hydrogen) atoms. The van der Waals surface area contributed by atoms with Gasteiger partial charge in [-0.15, -0.1) is 0 Å². The van der Waals surface area contributed by atoms with E-state index in [0.717, 1.165) is 57.8 Å². The SMILES string of the molecule is CC1(OC(=O)C2C3C=CC(C3)C2C(=O)OC2(C)CCCC2)CCCC1. The quantitative estimate of drug-likeness (QED) is 0.566. The number of fused-ring (bicyclic) bond motifs is 2. The molecule has 138 valence electrons. The van der Waals surface area contributed by atoms with Gasteiger partial charge in [0.15, 0.2) is 0 Å². The lowest BCUT2D eigenvalue weighted by molar-refractivity contribution is -0.176. The third kappa shape index (κ3) is 3.13. The standard InChI is InChI=1S/C21H30O4/c1-20(9-3-4-10-20)24-18(22)16-14-7-8-15(13-14)17(16)19(23)25-21(2)11-5-6-12-21/h7-8,14-17H,3-6,9-13H2,1-2H3. The predicted octanol–water partition coefficient (Wildman–Crippen LogP) is 4.18. The Morgan fingerprint density at radius 3 is 1.48 bits per heavy atom. The van der Waals surface area contributed by atoms with Gasteiger partial charge in [-0.3, -0.25) is 9.59 Å². The molecule has 0 aliphatic heterocycles. The van der Waals surface area contributed by atoms with E-state index in [2.05, 4.69) is 12.2 Å². The normalized spacial score (nSPS) is 37.4. The molecule has 0 amide bonds. The van der Waals surface area contributed by atoms with Crippen LogP contribution in [0.15, 0.2) is 12.2 Å². The van der Waals surface area contributed by atoms with E-state index in [1.165, 1.54) is 0 Å². The Morgan fingerprint density at radius 1 is 0.760 bits per heavy atom. The number of ether oxygens (including phenoxy) is 2. The third-order valence-electron chi connectivity index (χ3n) is 7.02. The average molecular weight is 346 g/mol. The Hall–Kier alpha value is -1.32. The van der Waals surface area contributed by atoms with Gasteiger partial charge < -0.3 is 9.47 Å². The largest absolute Gasteiger partial charge is 0.459 e.